The highest BCUT2D eigenvalue weighted by Gasteiger charge is 2.27. The Morgan fingerprint density at radius 2 is 1.68 bits per heavy atom. The van der Waals surface area contributed by atoms with E-state index in [1.807, 2.05) is 26.0 Å². The van der Waals surface area contributed by atoms with E-state index in [9.17, 15) is 13.2 Å². The first-order valence-electron chi connectivity index (χ1n) is 5.91. The fourth-order valence-electron chi connectivity index (χ4n) is 1.78. The second-order valence-corrected chi connectivity index (χ2v) is 4.28. The van der Waals surface area contributed by atoms with E-state index < -0.39 is 12.8 Å². The molecule has 6 heteroatoms. The molecule has 0 aliphatic carbocycles. The molecule has 2 N–H and O–H groups in total. The van der Waals surface area contributed by atoms with Crippen molar-refractivity contribution in [2.75, 3.05) is 19.8 Å². The van der Waals surface area contributed by atoms with Crippen molar-refractivity contribution in [2.24, 2.45) is 5.73 Å². The minimum absolute atomic E-state index is 0.0831. The molecule has 0 heterocycles. The molecule has 0 amide bonds. The number of aryl methyl sites for hydroxylation is 2. The smallest absolute Gasteiger partial charge is 0.411 e. The summed E-state index contributed by atoms with van der Waals surface area (Å²) in [6.07, 6.45) is -4.30. The maximum Gasteiger partial charge on any atom is 0.411 e. The quantitative estimate of drug-likeness (QED) is 0.813. The van der Waals surface area contributed by atoms with Crippen LogP contribution in [0, 0.1) is 13.8 Å². The monoisotopic (exact) mass is 277 g/mol. The van der Waals surface area contributed by atoms with Gasteiger partial charge in [0.1, 0.15) is 19.0 Å². The van der Waals surface area contributed by atoms with Crippen LogP contribution in [0.4, 0.5) is 13.2 Å². The van der Waals surface area contributed by atoms with Crippen molar-refractivity contribution >= 4 is 0 Å². The zero-order valence-corrected chi connectivity index (χ0v) is 11.0. The molecule has 0 radical (unpaired) electrons. The molecule has 0 saturated heterocycles. The summed E-state index contributed by atoms with van der Waals surface area (Å²) in [5, 5.41) is 0. The van der Waals surface area contributed by atoms with E-state index in [4.69, 9.17) is 10.5 Å². The van der Waals surface area contributed by atoms with Crippen LogP contribution >= 0.6 is 0 Å². The Bertz CT molecular complexity index is 396. The van der Waals surface area contributed by atoms with Crippen molar-refractivity contribution in [3.05, 3.63) is 28.8 Å². The van der Waals surface area contributed by atoms with Crippen molar-refractivity contribution < 1.29 is 22.6 Å². The molecule has 1 aromatic rings. The molecule has 0 spiro atoms. The molecule has 1 rings (SSSR count). The second kappa shape index (κ2) is 6.77. The molecular formula is C13H18F3NO2. The van der Waals surface area contributed by atoms with E-state index in [2.05, 4.69) is 4.74 Å². The number of halogens is 3. The van der Waals surface area contributed by atoms with Gasteiger partial charge in [0.2, 0.25) is 0 Å². The lowest BCUT2D eigenvalue weighted by Crippen LogP contribution is -2.19. The van der Waals surface area contributed by atoms with Crippen LogP contribution in [-0.4, -0.2) is 26.0 Å². The Morgan fingerprint density at radius 3 is 2.16 bits per heavy atom. The summed E-state index contributed by atoms with van der Waals surface area (Å²) < 4.78 is 45.4. The summed E-state index contributed by atoms with van der Waals surface area (Å²) in [6, 6.07) is 3.80. The maximum absolute atomic E-state index is 11.8. The summed E-state index contributed by atoms with van der Waals surface area (Å²) in [6.45, 7) is 2.92. The Labute approximate surface area is 110 Å². The predicted molar refractivity (Wildman–Crippen MR) is 66.2 cm³/mol. The number of hydrogen-bond acceptors (Lipinski definition) is 3. The van der Waals surface area contributed by atoms with Gasteiger partial charge in [0.15, 0.2) is 0 Å². The third-order valence-electron chi connectivity index (χ3n) is 2.50. The first-order chi connectivity index (χ1) is 8.83. The number of rotatable bonds is 6. The predicted octanol–water partition coefficient (Wildman–Crippen LogP) is 2.72. The highest BCUT2D eigenvalue weighted by Crippen LogP contribution is 2.24. The molecule has 0 saturated carbocycles. The van der Waals surface area contributed by atoms with Crippen molar-refractivity contribution in [3.63, 3.8) is 0 Å². The normalized spacial score (nSPS) is 11.7. The van der Waals surface area contributed by atoms with Crippen LogP contribution in [0.1, 0.15) is 16.7 Å². The van der Waals surface area contributed by atoms with Gasteiger partial charge >= 0.3 is 6.18 Å². The topological polar surface area (TPSA) is 44.5 Å². The molecule has 0 bridgehead atoms. The minimum atomic E-state index is -4.30. The number of nitrogens with two attached hydrogens (primary N) is 1. The molecule has 1 aromatic carbocycles. The average molecular weight is 277 g/mol. The van der Waals surface area contributed by atoms with Crippen molar-refractivity contribution in [1.82, 2.24) is 0 Å². The summed E-state index contributed by atoms with van der Waals surface area (Å²) in [7, 11) is 0. The standard InChI is InChI=1S/C13H18F3NO2/c1-9-5-11(7-17)6-10(2)12(9)19-4-3-18-8-13(14,15)16/h5-6H,3-4,7-8,17H2,1-2H3. The van der Waals surface area contributed by atoms with E-state index in [-0.39, 0.29) is 13.2 Å². The Balaban J connectivity index is 2.46. The van der Waals surface area contributed by atoms with Crippen molar-refractivity contribution in [2.45, 2.75) is 26.6 Å². The minimum Gasteiger partial charge on any atom is -0.491 e. The van der Waals surface area contributed by atoms with Gasteiger partial charge in [0.05, 0.1) is 6.61 Å². The van der Waals surface area contributed by atoms with Gasteiger partial charge in [-0.05, 0) is 30.5 Å². The van der Waals surface area contributed by atoms with Gasteiger partial charge in [-0.15, -0.1) is 0 Å². The average Bonchev–Trinajstić information content (AvgIpc) is 2.30. The molecule has 108 valence electrons. The molecule has 0 aromatic heterocycles. The van der Waals surface area contributed by atoms with Crippen LogP contribution < -0.4 is 10.5 Å². The highest BCUT2D eigenvalue weighted by atomic mass is 19.4. The molecular weight excluding hydrogens is 259 g/mol. The largest absolute Gasteiger partial charge is 0.491 e. The summed E-state index contributed by atoms with van der Waals surface area (Å²) >= 11 is 0. The second-order valence-electron chi connectivity index (χ2n) is 4.28. The third kappa shape index (κ3) is 5.48. The van der Waals surface area contributed by atoms with Crippen LogP contribution in [-0.2, 0) is 11.3 Å². The Morgan fingerprint density at radius 1 is 1.11 bits per heavy atom. The van der Waals surface area contributed by atoms with Crippen molar-refractivity contribution in [3.8, 4) is 5.75 Å². The van der Waals surface area contributed by atoms with E-state index in [1.54, 1.807) is 0 Å². The first kappa shape index (κ1) is 15.8. The molecule has 0 aliphatic rings. The van der Waals surface area contributed by atoms with E-state index in [0.29, 0.717) is 12.3 Å². The molecule has 0 atom stereocenters. The Hall–Kier alpha value is -1.27. The van der Waals surface area contributed by atoms with Crippen molar-refractivity contribution in [1.29, 1.82) is 0 Å². The maximum atomic E-state index is 11.8. The van der Waals surface area contributed by atoms with Crippen LogP contribution in [0.15, 0.2) is 12.1 Å². The lowest BCUT2D eigenvalue weighted by atomic mass is 10.1. The van der Waals surface area contributed by atoms with E-state index in [1.165, 1.54) is 0 Å². The zero-order valence-electron chi connectivity index (χ0n) is 11.0. The summed E-state index contributed by atoms with van der Waals surface area (Å²) in [4.78, 5) is 0. The first-order valence-corrected chi connectivity index (χ1v) is 5.91. The summed E-state index contributed by atoms with van der Waals surface area (Å²) in [5.74, 6) is 0.674. The molecule has 19 heavy (non-hydrogen) atoms. The van der Waals surface area contributed by atoms with Crippen LogP contribution in [0.25, 0.3) is 0 Å². The fraction of sp³-hybridized carbons (Fsp3) is 0.538. The molecule has 0 fully saturated rings. The van der Waals surface area contributed by atoms with Gasteiger partial charge in [0, 0.05) is 6.54 Å². The van der Waals surface area contributed by atoms with Gasteiger partial charge in [-0.1, -0.05) is 12.1 Å². The summed E-state index contributed by atoms with van der Waals surface area (Å²) in [5.41, 5.74) is 8.37. The van der Waals surface area contributed by atoms with Crippen LogP contribution in [0.3, 0.4) is 0 Å². The van der Waals surface area contributed by atoms with Gasteiger partial charge < -0.3 is 15.2 Å². The van der Waals surface area contributed by atoms with Gasteiger partial charge in [-0.25, -0.2) is 0 Å². The number of benzene rings is 1. The van der Waals surface area contributed by atoms with E-state index in [0.717, 1.165) is 16.7 Å². The highest BCUT2D eigenvalue weighted by molar-refractivity contribution is 5.43. The number of hydrogen-bond donors (Lipinski definition) is 1. The van der Waals surface area contributed by atoms with Crippen LogP contribution in [0.2, 0.25) is 0 Å². The lowest BCUT2D eigenvalue weighted by molar-refractivity contribution is -0.175. The van der Waals surface area contributed by atoms with Crippen LogP contribution in [0.5, 0.6) is 5.75 Å². The molecule has 0 unspecified atom stereocenters. The lowest BCUT2D eigenvalue weighted by Gasteiger charge is -2.14. The van der Waals surface area contributed by atoms with Gasteiger partial charge in [-0.3, -0.25) is 0 Å². The van der Waals surface area contributed by atoms with Gasteiger partial charge in [0.25, 0.3) is 0 Å². The fourth-order valence-corrected chi connectivity index (χ4v) is 1.78. The molecule has 3 nitrogen and oxygen atoms in total. The third-order valence-corrected chi connectivity index (χ3v) is 2.50. The van der Waals surface area contributed by atoms with Gasteiger partial charge in [-0.2, -0.15) is 13.2 Å². The van der Waals surface area contributed by atoms with E-state index >= 15 is 0 Å². The Kier molecular flexibility index (Phi) is 5.62. The number of ether oxygens (including phenoxy) is 2. The SMILES string of the molecule is Cc1cc(CN)cc(C)c1OCCOCC(F)(F)F. The zero-order chi connectivity index (χ0) is 14.5. The number of alkyl halides is 3. The molecule has 0 aliphatic heterocycles.